The molecule has 0 aromatic heterocycles. The van der Waals surface area contributed by atoms with Crippen LogP contribution in [0.5, 0.6) is 0 Å². The highest BCUT2D eigenvalue weighted by molar-refractivity contribution is 5.98. The van der Waals surface area contributed by atoms with Crippen LogP contribution in [0.25, 0.3) is 0 Å². The maximum Gasteiger partial charge on any atom is 0.251 e. The van der Waals surface area contributed by atoms with Crippen LogP contribution in [0.1, 0.15) is 45.7 Å². The highest BCUT2D eigenvalue weighted by atomic mass is 16.7. The summed E-state index contributed by atoms with van der Waals surface area (Å²) in [6, 6.07) is 9.64. The fourth-order valence-electron chi connectivity index (χ4n) is 4.17. The molecule has 0 N–H and O–H groups in total. The van der Waals surface area contributed by atoms with E-state index in [1.807, 2.05) is 70.1 Å². The number of benzene rings is 1. The Bertz CT molecular complexity index is 661. The van der Waals surface area contributed by atoms with Crippen LogP contribution >= 0.6 is 0 Å². The molecule has 2 saturated heterocycles. The SMILES string of the molecule is CCN1N(C(=O)[C@H]2[C@H](C)ON(C)[C@H]2c2ccccc2)C(=O)CC1(C)C. The highest BCUT2D eigenvalue weighted by Gasteiger charge is 2.52. The molecule has 2 aliphatic heterocycles. The van der Waals surface area contributed by atoms with E-state index in [2.05, 4.69) is 0 Å². The summed E-state index contributed by atoms with van der Waals surface area (Å²) >= 11 is 0. The smallest absolute Gasteiger partial charge is 0.251 e. The molecule has 0 aliphatic carbocycles. The summed E-state index contributed by atoms with van der Waals surface area (Å²) in [6.07, 6.45) is 0.0540. The van der Waals surface area contributed by atoms with E-state index in [-0.39, 0.29) is 29.5 Å². The second-order valence-electron chi connectivity index (χ2n) is 7.49. The lowest BCUT2D eigenvalue weighted by Crippen LogP contribution is -2.53. The average Bonchev–Trinajstić information content (AvgIpc) is 2.98. The van der Waals surface area contributed by atoms with E-state index in [1.54, 1.807) is 5.06 Å². The zero-order valence-electron chi connectivity index (χ0n) is 15.6. The molecule has 1 aromatic carbocycles. The molecule has 25 heavy (non-hydrogen) atoms. The Hall–Kier alpha value is -1.76. The van der Waals surface area contributed by atoms with Crippen molar-refractivity contribution in [3.05, 3.63) is 35.9 Å². The summed E-state index contributed by atoms with van der Waals surface area (Å²) in [5, 5.41) is 4.98. The Morgan fingerprint density at radius 1 is 1.28 bits per heavy atom. The number of hydrazine groups is 1. The van der Waals surface area contributed by atoms with Gasteiger partial charge in [-0.3, -0.25) is 14.4 Å². The molecule has 0 bridgehead atoms. The van der Waals surface area contributed by atoms with E-state index in [1.165, 1.54) is 5.01 Å². The number of hydroxylamine groups is 2. The van der Waals surface area contributed by atoms with Gasteiger partial charge in [0.05, 0.1) is 18.1 Å². The van der Waals surface area contributed by atoms with E-state index < -0.39 is 5.92 Å². The van der Waals surface area contributed by atoms with Crippen molar-refractivity contribution in [2.75, 3.05) is 13.6 Å². The minimum atomic E-state index is -0.431. The van der Waals surface area contributed by atoms with Crippen LogP contribution in [0.3, 0.4) is 0 Å². The molecule has 2 aliphatic rings. The van der Waals surface area contributed by atoms with Crippen molar-refractivity contribution in [2.45, 2.75) is 51.8 Å². The normalized spacial score (nSPS) is 30.2. The quantitative estimate of drug-likeness (QED) is 0.788. The number of carbonyl (C=O) groups is 2. The van der Waals surface area contributed by atoms with Crippen molar-refractivity contribution in [1.82, 2.24) is 15.1 Å². The zero-order valence-corrected chi connectivity index (χ0v) is 15.6. The Morgan fingerprint density at radius 3 is 2.52 bits per heavy atom. The van der Waals surface area contributed by atoms with Gasteiger partial charge >= 0.3 is 0 Å². The standard InChI is InChI=1S/C19H27N3O3/c1-6-21-19(3,4)12-15(23)22(21)18(24)16-13(2)25-20(5)17(16)14-10-8-7-9-11-14/h7-11,13,16-17H,6,12H2,1-5H3/t13-,16-,17-/m0/s1. The lowest BCUT2D eigenvalue weighted by Gasteiger charge is -2.36. The monoisotopic (exact) mass is 345 g/mol. The van der Waals surface area contributed by atoms with Gasteiger partial charge in [-0.25, -0.2) is 10.0 Å². The number of rotatable bonds is 3. The van der Waals surface area contributed by atoms with Crippen LogP contribution < -0.4 is 0 Å². The van der Waals surface area contributed by atoms with E-state index >= 15 is 0 Å². The Morgan fingerprint density at radius 2 is 1.92 bits per heavy atom. The van der Waals surface area contributed by atoms with Gasteiger partial charge in [0.1, 0.15) is 0 Å². The Labute approximate surface area is 149 Å². The first-order chi connectivity index (χ1) is 11.8. The number of nitrogens with zero attached hydrogens (tertiary/aromatic N) is 3. The van der Waals surface area contributed by atoms with Crippen molar-refractivity contribution >= 4 is 11.8 Å². The predicted molar refractivity (Wildman–Crippen MR) is 93.9 cm³/mol. The number of hydrogen-bond donors (Lipinski definition) is 0. The van der Waals surface area contributed by atoms with Crippen LogP contribution in [0, 0.1) is 5.92 Å². The first-order valence-corrected chi connectivity index (χ1v) is 8.87. The van der Waals surface area contributed by atoms with Crippen LogP contribution in [0.15, 0.2) is 30.3 Å². The van der Waals surface area contributed by atoms with Gasteiger partial charge < -0.3 is 0 Å². The maximum atomic E-state index is 13.4. The number of imide groups is 1. The van der Waals surface area contributed by atoms with Gasteiger partial charge in [-0.15, -0.1) is 0 Å². The van der Waals surface area contributed by atoms with Crippen molar-refractivity contribution in [2.24, 2.45) is 5.92 Å². The summed E-state index contributed by atoms with van der Waals surface area (Å²) in [5.41, 5.74) is 0.667. The Balaban J connectivity index is 1.95. The zero-order chi connectivity index (χ0) is 18.4. The molecule has 3 rings (SSSR count). The lowest BCUT2D eigenvalue weighted by molar-refractivity contribution is -0.164. The maximum absolute atomic E-state index is 13.4. The van der Waals surface area contributed by atoms with Gasteiger partial charge in [-0.05, 0) is 26.3 Å². The van der Waals surface area contributed by atoms with Crippen molar-refractivity contribution in [3.8, 4) is 0 Å². The number of hydrogen-bond acceptors (Lipinski definition) is 5. The van der Waals surface area contributed by atoms with Gasteiger partial charge in [-0.2, -0.15) is 5.06 Å². The van der Waals surface area contributed by atoms with Crippen molar-refractivity contribution in [3.63, 3.8) is 0 Å². The number of amides is 2. The molecule has 1 aromatic rings. The molecule has 0 saturated carbocycles. The predicted octanol–water partition coefficient (Wildman–Crippen LogP) is 2.38. The third kappa shape index (κ3) is 2.99. The first-order valence-electron chi connectivity index (χ1n) is 8.87. The van der Waals surface area contributed by atoms with Crippen LogP contribution in [-0.4, -0.2) is 52.1 Å². The van der Waals surface area contributed by atoms with Crippen LogP contribution in [-0.2, 0) is 14.4 Å². The topological polar surface area (TPSA) is 53.1 Å². The minimum absolute atomic E-state index is 0.134. The number of carbonyl (C=O) groups excluding carboxylic acids is 2. The van der Waals surface area contributed by atoms with Gasteiger partial charge in [0.15, 0.2) is 0 Å². The molecule has 2 amide bonds. The minimum Gasteiger partial charge on any atom is -0.295 e. The summed E-state index contributed by atoms with van der Waals surface area (Å²) in [4.78, 5) is 31.8. The molecule has 2 fully saturated rings. The molecule has 0 spiro atoms. The molecule has 0 radical (unpaired) electrons. The first kappa shape index (κ1) is 18.0. The Kier molecular flexibility index (Phi) is 4.70. The third-order valence-electron chi connectivity index (χ3n) is 5.26. The average molecular weight is 345 g/mol. The van der Waals surface area contributed by atoms with E-state index in [0.29, 0.717) is 13.0 Å². The van der Waals surface area contributed by atoms with Gasteiger partial charge in [0.25, 0.3) is 5.91 Å². The van der Waals surface area contributed by atoms with Crippen LogP contribution in [0.4, 0.5) is 0 Å². The second-order valence-corrected chi connectivity index (χ2v) is 7.49. The fourth-order valence-corrected chi connectivity index (χ4v) is 4.17. The second kappa shape index (κ2) is 6.52. The van der Waals surface area contributed by atoms with E-state index in [4.69, 9.17) is 4.84 Å². The molecule has 2 heterocycles. The lowest BCUT2D eigenvalue weighted by atomic mass is 9.89. The summed E-state index contributed by atoms with van der Waals surface area (Å²) in [6.45, 7) is 8.46. The van der Waals surface area contributed by atoms with E-state index in [0.717, 1.165) is 5.56 Å². The van der Waals surface area contributed by atoms with Gasteiger partial charge in [0.2, 0.25) is 5.91 Å². The highest BCUT2D eigenvalue weighted by Crippen LogP contribution is 2.41. The van der Waals surface area contributed by atoms with Crippen molar-refractivity contribution < 1.29 is 14.4 Å². The largest absolute Gasteiger partial charge is 0.295 e. The molecular weight excluding hydrogens is 318 g/mol. The van der Waals surface area contributed by atoms with Gasteiger partial charge in [-0.1, -0.05) is 37.3 Å². The van der Waals surface area contributed by atoms with E-state index in [9.17, 15) is 9.59 Å². The summed E-state index contributed by atoms with van der Waals surface area (Å²) in [7, 11) is 1.84. The fraction of sp³-hybridized carbons (Fsp3) is 0.579. The van der Waals surface area contributed by atoms with Crippen molar-refractivity contribution in [1.29, 1.82) is 0 Å². The van der Waals surface area contributed by atoms with Gasteiger partial charge in [0, 0.05) is 25.6 Å². The molecule has 6 heteroatoms. The third-order valence-corrected chi connectivity index (χ3v) is 5.26. The summed E-state index contributed by atoms with van der Waals surface area (Å²) in [5.74, 6) is -0.743. The molecule has 6 nitrogen and oxygen atoms in total. The molecule has 0 unspecified atom stereocenters. The molecule has 136 valence electrons. The van der Waals surface area contributed by atoms with Crippen LogP contribution in [0.2, 0.25) is 0 Å². The summed E-state index contributed by atoms with van der Waals surface area (Å²) < 4.78 is 0. The molecular formula is C19H27N3O3. The molecule has 3 atom stereocenters.